The number of hydrogen-bond acceptors (Lipinski definition) is 8. The fourth-order valence-corrected chi connectivity index (χ4v) is 3.42. The van der Waals surface area contributed by atoms with Crippen molar-refractivity contribution in [2.75, 3.05) is 28.4 Å². The number of hydrogen-bond donors (Lipinski definition) is 0. The Labute approximate surface area is 158 Å². The van der Waals surface area contributed by atoms with Crippen LogP contribution in [0, 0.1) is 5.92 Å². The van der Waals surface area contributed by atoms with Gasteiger partial charge in [-0.3, -0.25) is 9.59 Å². The van der Waals surface area contributed by atoms with E-state index in [-0.39, 0.29) is 0 Å². The van der Waals surface area contributed by atoms with Gasteiger partial charge in [-0.2, -0.15) is 0 Å². The van der Waals surface area contributed by atoms with Crippen LogP contribution in [0.4, 0.5) is 0 Å². The van der Waals surface area contributed by atoms with Crippen molar-refractivity contribution in [3.63, 3.8) is 0 Å². The minimum Gasteiger partial charge on any atom is -0.468 e. The molecule has 1 aromatic rings. The molecule has 8 nitrogen and oxygen atoms in total. The van der Waals surface area contributed by atoms with Crippen molar-refractivity contribution in [3.05, 3.63) is 35.9 Å². The van der Waals surface area contributed by atoms with Crippen LogP contribution in [-0.2, 0) is 38.1 Å². The lowest BCUT2D eigenvalue weighted by molar-refractivity contribution is -0.163. The number of halogens is 1. The molecule has 0 amide bonds. The van der Waals surface area contributed by atoms with Crippen LogP contribution < -0.4 is 0 Å². The van der Waals surface area contributed by atoms with Crippen LogP contribution in [-0.4, -0.2) is 56.6 Å². The number of ether oxygens (including phenoxy) is 4. The molecule has 0 aromatic heterocycles. The van der Waals surface area contributed by atoms with E-state index in [0.717, 1.165) is 28.4 Å². The van der Waals surface area contributed by atoms with E-state index >= 15 is 0 Å². The van der Waals surface area contributed by atoms with Crippen molar-refractivity contribution < 1.29 is 38.1 Å². The van der Waals surface area contributed by atoms with Crippen molar-refractivity contribution in [2.45, 2.75) is 10.2 Å². The summed E-state index contributed by atoms with van der Waals surface area (Å²) in [5.74, 6) is -7.05. The van der Waals surface area contributed by atoms with Crippen LogP contribution in [0.2, 0.25) is 0 Å². The summed E-state index contributed by atoms with van der Waals surface area (Å²) in [7, 11) is 4.28. The maximum atomic E-state index is 12.5. The largest absolute Gasteiger partial charge is 0.468 e. The smallest absolute Gasteiger partial charge is 0.334 e. The Bertz CT molecular complexity index is 641. The van der Waals surface area contributed by atoms with Gasteiger partial charge >= 0.3 is 23.9 Å². The number of methoxy groups -OCH3 is 4. The first kappa shape index (κ1) is 21.6. The van der Waals surface area contributed by atoms with Gasteiger partial charge in [0.25, 0.3) is 0 Å². The lowest BCUT2D eigenvalue weighted by Gasteiger charge is -2.34. The summed E-state index contributed by atoms with van der Waals surface area (Å²) >= 11 is 3.07. The van der Waals surface area contributed by atoms with E-state index in [1.165, 1.54) is 0 Å². The molecule has 0 saturated carbocycles. The van der Waals surface area contributed by atoms with Crippen molar-refractivity contribution >= 4 is 39.8 Å². The van der Waals surface area contributed by atoms with Gasteiger partial charge in [-0.15, -0.1) is 0 Å². The molecule has 0 aliphatic rings. The molecule has 9 heteroatoms. The number of carbonyl (C=O) groups excluding carboxylic acids is 4. The fourth-order valence-electron chi connectivity index (χ4n) is 2.57. The standard InChI is InChI=1S/C17H19BrO8/c1-23-13(19)11(14(20)24-2)12(10-8-6-5-7-9-10)17(18,15(21)25-3)16(22)26-4/h5-9,11-12H,1-4H3/t12-/m1/s1. The number of esters is 4. The van der Waals surface area contributed by atoms with E-state index in [4.69, 9.17) is 18.9 Å². The molecule has 0 spiro atoms. The monoisotopic (exact) mass is 430 g/mol. The summed E-state index contributed by atoms with van der Waals surface area (Å²) in [5.41, 5.74) is 0.320. The lowest BCUT2D eigenvalue weighted by Crippen LogP contribution is -2.53. The summed E-state index contributed by atoms with van der Waals surface area (Å²) in [5, 5.41) is 0. The Balaban J connectivity index is 3.77. The summed E-state index contributed by atoms with van der Waals surface area (Å²) < 4.78 is 16.7. The molecule has 26 heavy (non-hydrogen) atoms. The molecular formula is C17H19BrO8. The quantitative estimate of drug-likeness (QED) is 0.275. The van der Waals surface area contributed by atoms with Gasteiger partial charge < -0.3 is 18.9 Å². The summed E-state index contributed by atoms with van der Waals surface area (Å²) in [6, 6.07) is 8.03. The SMILES string of the molecule is COC(=O)C(C(=O)OC)[C@@H](c1ccccc1)C(Br)(C(=O)OC)C(=O)OC. The second-order valence-corrected chi connectivity index (χ2v) is 6.36. The van der Waals surface area contributed by atoms with Gasteiger partial charge in [0, 0.05) is 5.92 Å². The van der Waals surface area contributed by atoms with E-state index in [2.05, 4.69) is 15.9 Å². The highest BCUT2D eigenvalue weighted by molar-refractivity contribution is 9.10. The van der Waals surface area contributed by atoms with Crippen LogP contribution in [0.5, 0.6) is 0 Å². The molecule has 0 bridgehead atoms. The van der Waals surface area contributed by atoms with Crippen LogP contribution in [0.25, 0.3) is 0 Å². The summed E-state index contributed by atoms with van der Waals surface area (Å²) in [4.78, 5) is 49.7. The molecule has 0 aliphatic heterocycles. The summed E-state index contributed by atoms with van der Waals surface area (Å²) in [6.07, 6.45) is 0. The molecular weight excluding hydrogens is 412 g/mol. The molecule has 0 radical (unpaired) electrons. The predicted molar refractivity (Wildman–Crippen MR) is 92.4 cm³/mol. The second-order valence-electron chi connectivity index (χ2n) is 5.11. The molecule has 0 heterocycles. The maximum absolute atomic E-state index is 12.5. The molecule has 0 unspecified atom stereocenters. The predicted octanol–water partition coefficient (Wildman–Crippen LogP) is 1.21. The average Bonchev–Trinajstić information content (AvgIpc) is 2.69. The second kappa shape index (κ2) is 9.33. The zero-order chi connectivity index (χ0) is 19.9. The molecule has 1 aromatic carbocycles. The zero-order valence-corrected chi connectivity index (χ0v) is 16.3. The van der Waals surface area contributed by atoms with Crippen molar-refractivity contribution in [1.29, 1.82) is 0 Å². The van der Waals surface area contributed by atoms with Gasteiger partial charge in [0.05, 0.1) is 28.4 Å². The highest BCUT2D eigenvalue weighted by Crippen LogP contribution is 2.44. The molecule has 1 rings (SSSR count). The number of benzene rings is 1. The maximum Gasteiger partial charge on any atom is 0.334 e. The molecule has 142 valence electrons. The van der Waals surface area contributed by atoms with Gasteiger partial charge in [-0.25, -0.2) is 9.59 Å². The Morgan fingerprint density at radius 1 is 0.808 bits per heavy atom. The average molecular weight is 431 g/mol. The highest BCUT2D eigenvalue weighted by Gasteiger charge is 2.59. The van der Waals surface area contributed by atoms with Crippen LogP contribution in [0.15, 0.2) is 30.3 Å². The first-order valence-electron chi connectivity index (χ1n) is 7.35. The van der Waals surface area contributed by atoms with Gasteiger partial charge in [0.2, 0.25) is 4.32 Å². The van der Waals surface area contributed by atoms with Crippen molar-refractivity contribution in [2.24, 2.45) is 5.92 Å². The zero-order valence-electron chi connectivity index (χ0n) is 14.7. The fraction of sp³-hybridized carbons (Fsp3) is 0.412. The normalized spacial score (nSPS) is 12.1. The molecule has 1 atom stereocenters. The van der Waals surface area contributed by atoms with Crippen LogP contribution >= 0.6 is 15.9 Å². The van der Waals surface area contributed by atoms with Gasteiger partial charge in [-0.05, 0) is 5.56 Å². The van der Waals surface area contributed by atoms with Crippen LogP contribution in [0.1, 0.15) is 11.5 Å². The Morgan fingerprint density at radius 2 is 1.23 bits per heavy atom. The number of carbonyl (C=O) groups is 4. The van der Waals surface area contributed by atoms with E-state index < -0.39 is 40.0 Å². The number of rotatable bonds is 7. The topological polar surface area (TPSA) is 105 Å². The first-order chi connectivity index (χ1) is 12.3. The van der Waals surface area contributed by atoms with Gasteiger partial charge in [0.15, 0.2) is 5.92 Å². The molecule has 0 aliphatic carbocycles. The first-order valence-corrected chi connectivity index (χ1v) is 8.15. The van der Waals surface area contributed by atoms with Gasteiger partial charge in [0.1, 0.15) is 0 Å². The van der Waals surface area contributed by atoms with Crippen LogP contribution in [0.3, 0.4) is 0 Å². The molecule has 0 saturated heterocycles. The molecule has 0 fully saturated rings. The van der Waals surface area contributed by atoms with Crippen molar-refractivity contribution in [3.8, 4) is 0 Å². The van der Waals surface area contributed by atoms with E-state index in [1.807, 2.05) is 0 Å². The highest BCUT2D eigenvalue weighted by atomic mass is 79.9. The third-order valence-electron chi connectivity index (χ3n) is 3.80. The number of alkyl halides is 1. The Morgan fingerprint density at radius 3 is 1.58 bits per heavy atom. The van der Waals surface area contributed by atoms with E-state index in [0.29, 0.717) is 5.56 Å². The third kappa shape index (κ3) is 4.04. The van der Waals surface area contributed by atoms with Gasteiger partial charge in [-0.1, -0.05) is 46.3 Å². The van der Waals surface area contributed by atoms with E-state index in [1.54, 1.807) is 30.3 Å². The minimum atomic E-state index is -2.19. The third-order valence-corrected chi connectivity index (χ3v) is 4.94. The molecule has 0 N–H and O–H groups in total. The van der Waals surface area contributed by atoms with Crippen molar-refractivity contribution in [1.82, 2.24) is 0 Å². The van der Waals surface area contributed by atoms with E-state index in [9.17, 15) is 19.2 Å². The lowest BCUT2D eigenvalue weighted by atomic mass is 9.76. The summed E-state index contributed by atoms with van der Waals surface area (Å²) in [6.45, 7) is 0. The minimum absolute atomic E-state index is 0.320. The Kier molecular flexibility index (Phi) is 7.76. The Hall–Kier alpha value is -2.42.